The lowest BCUT2D eigenvalue weighted by atomic mass is 9.82. The summed E-state index contributed by atoms with van der Waals surface area (Å²) in [6, 6.07) is 10.3. The molecule has 1 N–H and O–H groups in total. The summed E-state index contributed by atoms with van der Waals surface area (Å²) < 4.78 is 0. The maximum Gasteiger partial charge on any atom is 0.306 e. The molecule has 1 saturated heterocycles. The fourth-order valence-electron chi connectivity index (χ4n) is 3.84. The van der Waals surface area contributed by atoms with Crippen LogP contribution >= 0.6 is 0 Å². The largest absolute Gasteiger partial charge is 0.481 e. The predicted molar refractivity (Wildman–Crippen MR) is 113 cm³/mol. The highest BCUT2D eigenvalue weighted by molar-refractivity contribution is 5.67. The topological polar surface area (TPSA) is 55.8 Å². The molecule has 0 aliphatic carbocycles. The van der Waals surface area contributed by atoms with Crippen molar-refractivity contribution in [1.29, 1.82) is 0 Å². The van der Waals surface area contributed by atoms with Crippen LogP contribution < -0.4 is 0 Å². The van der Waals surface area contributed by atoms with Crippen molar-refractivity contribution < 1.29 is 19.7 Å². The molecule has 0 radical (unpaired) electrons. The number of benzene rings is 1. The molecule has 1 aromatic rings. The first-order chi connectivity index (χ1) is 13.3. The second-order valence-corrected chi connectivity index (χ2v) is 8.54. The number of carboxylic acids is 1. The highest BCUT2D eigenvalue weighted by atomic mass is 17.2. The molecule has 1 aromatic carbocycles. The quantitative estimate of drug-likeness (QED) is 0.424. The lowest BCUT2D eigenvalue weighted by Gasteiger charge is -2.40. The number of hydrogen-bond acceptors (Lipinski definition) is 3. The molecule has 1 aliphatic heterocycles. The van der Waals surface area contributed by atoms with Gasteiger partial charge in [0.15, 0.2) is 0 Å². The minimum Gasteiger partial charge on any atom is -0.481 e. The molecular formula is C24H34O4. The molecule has 4 nitrogen and oxygen atoms in total. The molecule has 4 heteroatoms. The predicted octanol–water partition coefficient (Wildman–Crippen LogP) is 5.90. The Balaban J connectivity index is 1.77. The van der Waals surface area contributed by atoms with Crippen LogP contribution in [0.1, 0.15) is 58.9 Å². The fourth-order valence-corrected chi connectivity index (χ4v) is 3.84. The van der Waals surface area contributed by atoms with Crippen molar-refractivity contribution in [3.63, 3.8) is 0 Å². The zero-order valence-electron chi connectivity index (χ0n) is 17.5. The van der Waals surface area contributed by atoms with Gasteiger partial charge in [0.1, 0.15) is 11.7 Å². The number of rotatable bonds is 9. The van der Waals surface area contributed by atoms with Crippen LogP contribution in [0.5, 0.6) is 0 Å². The Hall–Kier alpha value is -1.91. The van der Waals surface area contributed by atoms with E-state index >= 15 is 0 Å². The second-order valence-electron chi connectivity index (χ2n) is 8.54. The average molecular weight is 387 g/mol. The SMILES string of the molecule is CC(/C=C/c1ccccc1)C/C=C/C(C)C[C@]1(C)C[C@H](C)[C@@H](CC(=O)O)OO1. The second kappa shape index (κ2) is 10.6. The number of aliphatic carboxylic acids is 1. The van der Waals surface area contributed by atoms with Gasteiger partial charge in [-0.1, -0.05) is 75.4 Å². The smallest absolute Gasteiger partial charge is 0.306 e. The van der Waals surface area contributed by atoms with E-state index in [2.05, 4.69) is 57.2 Å². The maximum atomic E-state index is 10.9. The minimum atomic E-state index is -0.851. The maximum absolute atomic E-state index is 10.9. The first kappa shape index (κ1) is 22.4. The highest BCUT2D eigenvalue weighted by Gasteiger charge is 2.39. The summed E-state index contributed by atoms with van der Waals surface area (Å²) in [5.41, 5.74) is 0.848. The first-order valence-electron chi connectivity index (χ1n) is 10.2. The van der Waals surface area contributed by atoms with E-state index in [-0.39, 0.29) is 24.0 Å². The van der Waals surface area contributed by atoms with Gasteiger partial charge >= 0.3 is 5.97 Å². The van der Waals surface area contributed by atoms with E-state index in [0.29, 0.717) is 11.8 Å². The van der Waals surface area contributed by atoms with Gasteiger partial charge < -0.3 is 5.11 Å². The molecule has 0 bridgehead atoms. The minimum absolute atomic E-state index is 0.0128. The molecule has 0 spiro atoms. The molecule has 1 heterocycles. The van der Waals surface area contributed by atoms with E-state index in [9.17, 15) is 4.79 Å². The molecule has 2 rings (SSSR count). The van der Waals surface area contributed by atoms with Crippen LogP contribution in [0.15, 0.2) is 48.6 Å². The third-order valence-electron chi connectivity index (χ3n) is 5.28. The Morgan fingerprint density at radius 1 is 1.25 bits per heavy atom. The van der Waals surface area contributed by atoms with Crippen molar-refractivity contribution in [3.05, 3.63) is 54.1 Å². The van der Waals surface area contributed by atoms with Gasteiger partial charge in [-0.05, 0) is 49.5 Å². The number of allylic oxidation sites excluding steroid dienone is 3. The molecule has 28 heavy (non-hydrogen) atoms. The van der Waals surface area contributed by atoms with Gasteiger partial charge in [-0.25, -0.2) is 9.78 Å². The normalized spacial score (nSPS) is 27.9. The van der Waals surface area contributed by atoms with Gasteiger partial charge in [0.2, 0.25) is 0 Å². The van der Waals surface area contributed by atoms with E-state index in [1.165, 1.54) is 5.56 Å². The summed E-state index contributed by atoms with van der Waals surface area (Å²) in [4.78, 5) is 21.9. The van der Waals surface area contributed by atoms with Crippen LogP contribution in [-0.2, 0) is 14.6 Å². The Kier molecular flexibility index (Phi) is 8.46. The van der Waals surface area contributed by atoms with Crippen molar-refractivity contribution in [1.82, 2.24) is 0 Å². The molecule has 5 atom stereocenters. The van der Waals surface area contributed by atoms with Gasteiger partial charge in [0.05, 0.1) is 6.42 Å². The van der Waals surface area contributed by atoms with Gasteiger partial charge in [0.25, 0.3) is 0 Å². The molecule has 0 saturated carbocycles. The Morgan fingerprint density at radius 3 is 2.61 bits per heavy atom. The van der Waals surface area contributed by atoms with Crippen LogP contribution in [-0.4, -0.2) is 22.8 Å². The van der Waals surface area contributed by atoms with E-state index in [4.69, 9.17) is 14.9 Å². The molecule has 1 fully saturated rings. The lowest BCUT2D eigenvalue weighted by molar-refractivity contribution is -0.417. The van der Waals surface area contributed by atoms with Crippen LogP contribution in [0.2, 0.25) is 0 Å². The number of carboxylic acid groups (broad SMARTS) is 1. The molecule has 0 amide bonds. The summed E-state index contributed by atoms with van der Waals surface area (Å²) in [6.07, 6.45) is 11.2. The monoisotopic (exact) mass is 386 g/mol. The summed E-state index contributed by atoms with van der Waals surface area (Å²) in [5, 5.41) is 8.95. The summed E-state index contributed by atoms with van der Waals surface area (Å²) in [7, 11) is 0. The van der Waals surface area contributed by atoms with E-state index in [0.717, 1.165) is 19.3 Å². The van der Waals surface area contributed by atoms with Crippen LogP contribution in [0.3, 0.4) is 0 Å². The standard InChI is InChI=1S/C24H34O4/c1-18(13-14-21-11-6-5-7-12-21)9-8-10-19(2)16-24(4)17-20(3)22(27-28-24)15-23(25)26/h5-8,10-14,18-20,22H,9,15-17H2,1-4H3,(H,25,26)/b10-8+,14-13+/t18?,19?,20-,22+,24+/m0/s1. The van der Waals surface area contributed by atoms with Crippen molar-refractivity contribution in [3.8, 4) is 0 Å². The van der Waals surface area contributed by atoms with Gasteiger partial charge in [-0.2, -0.15) is 0 Å². The highest BCUT2D eigenvalue weighted by Crippen LogP contribution is 2.36. The summed E-state index contributed by atoms with van der Waals surface area (Å²) >= 11 is 0. The first-order valence-corrected chi connectivity index (χ1v) is 10.2. The van der Waals surface area contributed by atoms with Gasteiger partial charge in [0, 0.05) is 0 Å². The summed E-state index contributed by atoms with van der Waals surface area (Å²) in [6.45, 7) is 8.49. The van der Waals surface area contributed by atoms with Crippen molar-refractivity contribution in [2.75, 3.05) is 0 Å². The Labute approximate surface area is 169 Å². The molecule has 154 valence electrons. The third-order valence-corrected chi connectivity index (χ3v) is 5.28. The average Bonchev–Trinajstić information content (AvgIpc) is 2.63. The molecule has 0 aromatic heterocycles. The van der Waals surface area contributed by atoms with E-state index < -0.39 is 5.97 Å². The van der Waals surface area contributed by atoms with Crippen LogP contribution in [0.4, 0.5) is 0 Å². The Bertz CT molecular complexity index is 666. The lowest BCUT2D eigenvalue weighted by Crippen LogP contribution is -2.44. The van der Waals surface area contributed by atoms with Crippen LogP contribution in [0, 0.1) is 17.8 Å². The van der Waals surface area contributed by atoms with Gasteiger partial charge in [-0.3, -0.25) is 4.79 Å². The van der Waals surface area contributed by atoms with E-state index in [1.807, 2.05) is 25.1 Å². The zero-order valence-corrected chi connectivity index (χ0v) is 17.5. The summed E-state index contributed by atoms with van der Waals surface area (Å²) in [5.74, 6) is 0.150. The van der Waals surface area contributed by atoms with Gasteiger partial charge in [-0.15, -0.1) is 0 Å². The number of carbonyl (C=O) groups is 1. The van der Waals surface area contributed by atoms with E-state index in [1.54, 1.807) is 0 Å². The number of hydrogen-bond donors (Lipinski definition) is 1. The fraction of sp³-hybridized carbons (Fsp3) is 0.542. The van der Waals surface area contributed by atoms with Crippen molar-refractivity contribution >= 4 is 12.0 Å². The van der Waals surface area contributed by atoms with Crippen LogP contribution in [0.25, 0.3) is 6.08 Å². The molecule has 2 unspecified atom stereocenters. The molecule has 1 aliphatic rings. The zero-order chi connectivity index (χ0) is 20.6. The van der Waals surface area contributed by atoms with Crippen molar-refractivity contribution in [2.45, 2.75) is 65.1 Å². The molecular weight excluding hydrogens is 352 g/mol. The third kappa shape index (κ3) is 7.61. The Morgan fingerprint density at radius 2 is 1.96 bits per heavy atom. The van der Waals surface area contributed by atoms with Crippen molar-refractivity contribution in [2.24, 2.45) is 17.8 Å².